The molecule has 0 spiro atoms. The molecule has 1 aromatic heterocycles. The average Bonchev–Trinajstić information content (AvgIpc) is 3.52. The summed E-state index contributed by atoms with van der Waals surface area (Å²) in [6.07, 6.45) is 4.39. The Labute approximate surface area is 146 Å². The number of anilines is 1. The molecule has 2 saturated carbocycles. The second-order valence-electron chi connectivity index (χ2n) is 6.28. The number of amides is 1. The number of carbonyl (C=O) groups excluding carboxylic acids is 1. The monoisotopic (exact) mass is 368 g/mol. The van der Waals surface area contributed by atoms with Gasteiger partial charge >= 0.3 is 0 Å². The molecule has 2 aromatic rings. The van der Waals surface area contributed by atoms with Gasteiger partial charge in [0.1, 0.15) is 5.82 Å². The molecule has 5 nitrogen and oxygen atoms in total. The number of rotatable bonds is 6. The van der Waals surface area contributed by atoms with E-state index in [4.69, 9.17) is 0 Å². The average molecular weight is 368 g/mol. The zero-order valence-electron chi connectivity index (χ0n) is 13.1. The van der Waals surface area contributed by atoms with E-state index in [-0.39, 0.29) is 11.4 Å². The predicted octanol–water partition coefficient (Wildman–Crippen LogP) is 3.64. The molecular weight excluding hydrogens is 353 g/mol. The van der Waals surface area contributed by atoms with Crippen molar-refractivity contribution in [2.24, 2.45) is 0 Å². The van der Waals surface area contributed by atoms with E-state index < -0.39 is 23.4 Å². The van der Waals surface area contributed by atoms with Crippen LogP contribution < -0.4 is 5.32 Å². The van der Waals surface area contributed by atoms with Crippen molar-refractivity contribution in [3.8, 4) is 0 Å². The fourth-order valence-electron chi connectivity index (χ4n) is 2.62. The third-order valence-electron chi connectivity index (χ3n) is 4.19. The van der Waals surface area contributed by atoms with Gasteiger partial charge in [0.05, 0.1) is 11.4 Å². The van der Waals surface area contributed by atoms with Gasteiger partial charge in [0.25, 0.3) is 0 Å². The summed E-state index contributed by atoms with van der Waals surface area (Å²) in [4.78, 5) is 12.0. The van der Waals surface area contributed by atoms with Crippen molar-refractivity contribution in [1.82, 2.24) is 14.8 Å². The van der Waals surface area contributed by atoms with Gasteiger partial charge in [-0.15, -0.1) is 10.2 Å². The first-order chi connectivity index (χ1) is 12.0. The Balaban J connectivity index is 1.42. The molecule has 4 rings (SSSR count). The van der Waals surface area contributed by atoms with Gasteiger partial charge in [-0.3, -0.25) is 4.79 Å². The van der Waals surface area contributed by atoms with Crippen LogP contribution in [0.3, 0.4) is 0 Å². The molecule has 2 aliphatic carbocycles. The molecule has 1 amide bonds. The Morgan fingerprint density at radius 1 is 1.16 bits per heavy atom. The van der Waals surface area contributed by atoms with E-state index in [2.05, 4.69) is 20.1 Å². The number of carbonyl (C=O) groups is 1. The van der Waals surface area contributed by atoms with Crippen LogP contribution in [0.15, 0.2) is 17.3 Å². The smallest absolute Gasteiger partial charge is 0.234 e. The molecule has 2 aliphatic rings. The minimum absolute atomic E-state index is 0.0199. The lowest BCUT2D eigenvalue weighted by Gasteiger charge is -2.09. The summed E-state index contributed by atoms with van der Waals surface area (Å²) < 4.78 is 41.8. The Hall–Kier alpha value is -2.03. The molecule has 1 heterocycles. The fraction of sp³-hybridized carbons (Fsp3) is 0.438. The van der Waals surface area contributed by atoms with E-state index in [9.17, 15) is 18.0 Å². The van der Waals surface area contributed by atoms with E-state index in [0.717, 1.165) is 43.6 Å². The number of thioether (sulfide) groups is 1. The van der Waals surface area contributed by atoms with Crippen LogP contribution in [0.2, 0.25) is 0 Å². The number of benzene rings is 1. The fourth-order valence-corrected chi connectivity index (χ4v) is 3.43. The lowest BCUT2D eigenvalue weighted by Crippen LogP contribution is -2.16. The van der Waals surface area contributed by atoms with Crippen molar-refractivity contribution in [2.75, 3.05) is 11.1 Å². The van der Waals surface area contributed by atoms with E-state index in [0.29, 0.717) is 17.1 Å². The van der Waals surface area contributed by atoms with Gasteiger partial charge in [0.15, 0.2) is 22.6 Å². The maximum absolute atomic E-state index is 13.6. The van der Waals surface area contributed by atoms with Gasteiger partial charge in [0.2, 0.25) is 5.91 Å². The zero-order valence-corrected chi connectivity index (χ0v) is 14.0. The molecular formula is C16H15F3N4OS. The molecule has 25 heavy (non-hydrogen) atoms. The van der Waals surface area contributed by atoms with Gasteiger partial charge in [-0.05, 0) is 37.8 Å². The number of hydrogen-bond acceptors (Lipinski definition) is 4. The first kappa shape index (κ1) is 16.4. The lowest BCUT2D eigenvalue weighted by atomic mass is 10.3. The summed E-state index contributed by atoms with van der Waals surface area (Å²) in [6, 6.07) is 2.17. The topological polar surface area (TPSA) is 59.8 Å². The van der Waals surface area contributed by atoms with Crippen LogP contribution in [-0.2, 0) is 4.79 Å². The Morgan fingerprint density at radius 3 is 2.60 bits per heavy atom. The Morgan fingerprint density at radius 2 is 1.92 bits per heavy atom. The van der Waals surface area contributed by atoms with Crippen molar-refractivity contribution in [1.29, 1.82) is 0 Å². The minimum Gasteiger partial charge on any atom is -0.323 e. The molecule has 0 atom stereocenters. The van der Waals surface area contributed by atoms with Gasteiger partial charge < -0.3 is 9.88 Å². The first-order valence-corrected chi connectivity index (χ1v) is 9.04. The van der Waals surface area contributed by atoms with Crippen LogP contribution in [0.4, 0.5) is 18.9 Å². The molecule has 0 radical (unpaired) electrons. The van der Waals surface area contributed by atoms with Crippen LogP contribution in [0.1, 0.15) is 43.5 Å². The van der Waals surface area contributed by atoms with Crippen LogP contribution in [-0.4, -0.2) is 26.4 Å². The number of hydrogen-bond donors (Lipinski definition) is 1. The third kappa shape index (κ3) is 3.37. The molecule has 2 fully saturated rings. The van der Waals surface area contributed by atoms with E-state index >= 15 is 0 Å². The summed E-state index contributed by atoms with van der Waals surface area (Å²) in [5, 5.41) is 11.3. The van der Waals surface area contributed by atoms with Crippen LogP contribution in [0.5, 0.6) is 0 Å². The summed E-state index contributed by atoms with van der Waals surface area (Å²) in [7, 11) is 0. The second-order valence-corrected chi connectivity index (χ2v) is 7.22. The molecule has 1 N–H and O–H groups in total. The quantitative estimate of drug-likeness (QED) is 0.625. The summed E-state index contributed by atoms with van der Waals surface area (Å²) in [6.45, 7) is 0. The van der Waals surface area contributed by atoms with Crippen molar-refractivity contribution in [3.63, 3.8) is 0 Å². The summed E-state index contributed by atoms with van der Waals surface area (Å²) in [5.41, 5.74) is -0.383. The largest absolute Gasteiger partial charge is 0.323 e. The van der Waals surface area contributed by atoms with Gasteiger partial charge in [-0.2, -0.15) is 0 Å². The standard InChI is InChI=1S/C16H15F3N4OS/c17-10-5-6-11(14(19)13(10)18)20-12(24)7-25-16-22-21-15(8-1-2-8)23(16)9-3-4-9/h5-6,8-9H,1-4,7H2,(H,20,24). The number of nitrogens with one attached hydrogen (secondary N) is 1. The molecule has 0 bridgehead atoms. The second kappa shape index (κ2) is 6.36. The van der Waals surface area contributed by atoms with E-state index in [1.165, 1.54) is 11.8 Å². The molecule has 0 aliphatic heterocycles. The van der Waals surface area contributed by atoms with Crippen molar-refractivity contribution >= 4 is 23.4 Å². The normalized spacial score (nSPS) is 16.9. The highest BCUT2D eigenvalue weighted by Crippen LogP contribution is 2.45. The zero-order chi connectivity index (χ0) is 17.6. The van der Waals surface area contributed by atoms with Gasteiger partial charge in [-0.1, -0.05) is 11.8 Å². The number of halogens is 3. The van der Waals surface area contributed by atoms with Crippen LogP contribution in [0, 0.1) is 17.5 Å². The highest BCUT2D eigenvalue weighted by atomic mass is 32.2. The molecule has 9 heteroatoms. The lowest BCUT2D eigenvalue weighted by molar-refractivity contribution is -0.113. The summed E-state index contributed by atoms with van der Waals surface area (Å²) in [5.74, 6) is -3.40. The molecule has 1 aromatic carbocycles. The maximum Gasteiger partial charge on any atom is 0.234 e. The Bertz CT molecular complexity index is 833. The number of nitrogens with zero attached hydrogens (tertiary/aromatic N) is 3. The Kier molecular flexibility index (Phi) is 4.18. The SMILES string of the molecule is O=C(CSc1nnc(C2CC2)n1C1CC1)Nc1ccc(F)c(F)c1F. The van der Waals surface area contributed by atoms with Crippen molar-refractivity contribution < 1.29 is 18.0 Å². The highest BCUT2D eigenvalue weighted by molar-refractivity contribution is 7.99. The highest BCUT2D eigenvalue weighted by Gasteiger charge is 2.36. The molecule has 0 unspecified atom stereocenters. The minimum atomic E-state index is -1.60. The third-order valence-corrected chi connectivity index (χ3v) is 5.13. The van der Waals surface area contributed by atoms with Crippen molar-refractivity contribution in [2.45, 2.75) is 42.8 Å². The van der Waals surface area contributed by atoms with Gasteiger partial charge in [-0.25, -0.2) is 13.2 Å². The first-order valence-electron chi connectivity index (χ1n) is 8.05. The van der Waals surface area contributed by atoms with Crippen LogP contribution >= 0.6 is 11.8 Å². The van der Waals surface area contributed by atoms with E-state index in [1.54, 1.807) is 0 Å². The molecule has 0 saturated heterocycles. The molecule has 132 valence electrons. The van der Waals surface area contributed by atoms with Crippen molar-refractivity contribution in [3.05, 3.63) is 35.4 Å². The maximum atomic E-state index is 13.6. The van der Waals surface area contributed by atoms with E-state index in [1.807, 2.05) is 0 Å². The predicted molar refractivity (Wildman–Crippen MR) is 85.9 cm³/mol. The van der Waals surface area contributed by atoms with Crippen LogP contribution in [0.25, 0.3) is 0 Å². The van der Waals surface area contributed by atoms with Gasteiger partial charge in [0, 0.05) is 12.0 Å². The number of aromatic nitrogens is 3. The summed E-state index contributed by atoms with van der Waals surface area (Å²) >= 11 is 1.21.